The smallest absolute Gasteiger partial charge is 0.230 e. The minimum Gasteiger partial charge on any atom is -0.378 e. The molecule has 0 atom stereocenters. The molecule has 0 radical (unpaired) electrons. The lowest BCUT2D eigenvalue weighted by atomic mass is 9.74. The summed E-state index contributed by atoms with van der Waals surface area (Å²) in [4.78, 5) is 14.8. The number of carbonyl (C=O) groups is 1. The molecule has 0 saturated carbocycles. The van der Waals surface area contributed by atoms with E-state index in [9.17, 15) is 4.79 Å². The highest BCUT2D eigenvalue weighted by molar-refractivity contribution is 5.95. The van der Waals surface area contributed by atoms with Crippen LogP contribution >= 0.6 is 0 Å². The fourth-order valence-corrected chi connectivity index (χ4v) is 3.08. The number of piperidine rings is 1. The Morgan fingerprint density at radius 2 is 1.86 bits per heavy atom. The number of amides is 1. The summed E-state index contributed by atoms with van der Waals surface area (Å²) in [7, 11) is 4.03. The molecule has 2 N–H and O–H groups in total. The number of hydrogen-bond donors (Lipinski definition) is 2. The molecule has 1 aliphatic heterocycles. The van der Waals surface area contributed by atoms with Gasteiger partial charge in [0.1, 0.15) is 0 Å². The summed E-state index contributed by atoms with van der Waals surface area (Å²) in [5.41, 5.74) is 1.83. The highest BCUT2D eigenvalue weighted by Crippen LogP contribution is 2.35. The molecule has 1 aromatic carbocycles. The Hall–Kier alpha value is -1.55. The van der Waals surface area contributed by atoms with Crippen molar-refractivity contribution in [1.29, 1.82) is 0 Å². The van der Waals surface area contributed by atoms with Crippen LogP contribution in [0, 0.1) is 5.41 Å². The van der Waals surface area contributed by atoms with Crippen LogP contribution in [-0.4, -0.2) is 33.1 Å². The van der Waals surface area contributed by atoms with E-state index in [4.69, 9.17) is 0 Å². The van der Waals surface area contributed by atoms with Crippen LogP contribution in [-0.2, 0) is 4.79 Å². The average Bonchev–Trinajstić information content (AvgIpc) is 2.49. The van der Waals surface area contributed by atoms with Crippen LogP contribution in [0.5, 0.6) is 0 Å². The average molecular weight is 289 g/mol. The van der Waals surface area contributed by atoms with E-state index in [1.165, 1.54) is 0 Å². The summed E-state index contributed by atoms with van der Waals surface area (Å²) in [6, 6.07) is 8.02. The van der Waals surface area contributed by atoms with Crippen molar-refractivity contribution in [2.45, 2.75) is 32.6 Å². The van der Waals surface area contributed by atoms with Crippen molar-refractivity contribution >= 4 is 17.3 Å². The molecular weight excluding hydrogens is 262 g/mol. The van der Waals surface area contributed by atoms with Crippen molar-refractivity contribution in [3.63, 3.8) is 0 Å². The minimum atomic E-state index is -0.194. The molecule has 1 heterocycles. The van der Waals surface area contributed by atoms with Crippen LogP contribution in [0.2, 0.25) is 0 Å². The second kappa shape index (κ2) is 6.94. The van der Waals surface area contributed by atoms with Gasteiger partial charge in [0.15, 0.2) is 0 Å². The van der Waals surface area contributed by atoms with Crippen molar-refractivity contribution in [3.8, 4) is 0 Å². The fraction of sp³-hybridized carbons (Fsp3) is 0.588. The van der Waals surface area contributed by atoms with Crippen LogP contribution in [0.4, 0.5) is 11.4 Å². The highest BCUT2D eigenvalue weighted by Gasteiger charge is 2.38. The van der Waals surface area contributed by atoms with Crippen molar-refractivity contribution in [1.82, 2.24) is 5.32 Å². The fourth-order valence-electron chi connectivity index (χ4n) is 3.08. The molecule has 1 fully saturated rings. The van der Waals surface area contributed by atoms with E-state index in [2.05, 4.69) is 22.5 Å². The normalized spacial score (nSPS) is 17.3. The van der Waals surface area contributed by atoms with Crippen molar-refractivity contribution in [3.05, 3.63) is 24.3 Å². The van der Waals surface area contributed by atoms with Gasteiger partial charge >= 0.3 is 0 Å². The van der Waals surface area contributed by atoms with Gasteiger partial charge in [0, 0.05) is 25.5 Å². The first-order chi connectivity index (χ1) is 10.1. The first-order valence-electron chi connectivity index (χ1n) is 7.87. The molecule has 1 aliphatic rings. The lowest BCUT2D eigenvalue weighted by molar-refractivity contribution is -0.127. The molecule has 0 aromatic heterocycles. The SMILES string of the molecule is CCCC1(C(=O)Nc2ccc(N(C)C)cc2)CCNCC1. The molecule has 4 nitrogen and oxygen atoms in total. The molecule has 21 heavy (non-hydrogen) atoms. The van der Waals surface area contributed by atoms with E-state index in [1.807, 2.05) is 38.4 Å². The number of carbonyl (C=O) groups excluding carboxylic acids is 1. The van der Waals surface area contributed by atoms with Gasteiger partial charge in [-0.2, -0.15) is 0 Å². The van der Waals surface area contributed by atoms with E-state index in [-0.39, 0.29) is 11.3 Å². The number of rotatable bonds is 5. The molecular formula is C17H27N3O. The van der Waals surface area contributed by atoms with Gasteiger partial charge < -0.3 is 15.5 Å². The summed E-state index contributed by atoms with van der Waals surface area (Å²) in [6.45, 7) is 4.03. The molecule has 4 heteroatoms. The first-order valence-corrected chi connectivity index (χ1v) is 7.87. The van der Waals surface area contributed by atoms with Gasteiger partial charge in [0.05, 0.1) is 5.41 Å². The third kappa shape index (κ3) is 3.76. The highest BCUT2D eigenvalue weighted by atomic mass is 16.2. The number of anilines is 2. The van der Waals surface area contributed by atoms with E-state index < -0.39 is 0 Å². The zero-order chi connectivity index (χ0) is 15.3. The van der Waals surface area contributed by atoms with Crippen molar-refractivity contribution in [2.24, 2.45) is 5.41 Å². The third-order valence-electron chi connectivity index (χ3n) is 4.41. The monoisotopic (exact) mass is 289 g/mol. The Bertz CT molecular complexity index is 456. The van der Waals surface area contributed by atoms with E-state index in [0.29, 0.717) is 0 Å². The van der Waals surface area contributed by atoms with Gasteiger partial charge in [-0.1, -0.05) is 13.3 Å². The molecule has 2 rings (SSSR count). The first kappa shape index (κ1) is 15.8. The Kier molecular flexibility index (Phi) is 5.23. The molecule has 1 amide bonds. The molecule has 1 saturated heterocycles. The Labute approximate surface area is 127 Å². The quantitative estimate of drug-likeness (QED) is 0.876. The number of hydrogen-bond acceptors (Lipinski definition) is 3. The summed E-state index contributed by atoms with van der Waals surface area (Å²) >= 11 is 0. The molecule has 0 aliphatic carbocycles. The summed E-state index contributed by atoms with van der Waals surface area (Å²) in [5.74, 6) is 0.184. The van der Waals surface area contributed by atoms with Crippen LogP contribution in [0.25, 0.3) is 0 Å². The van der Waals surface area contributed by atoms with Crippen LogP contribution in [0.1, 0.15) is 32.6 Å². The van der Waals surface area contributed by atoms with Crippen molar-refractivity contribution in [2.75, 3.05) is 37.4 Å². The van der Waals surface area contributed by atoms with Crippen LogP contribution < -0.4 is 15.5 Å². The Balaban J connectivity index is 2.07. The number of benzene rings is 1. The number of nitrogens with zero attached hydrogens (tertiary/aromatic N) is 1. The van der Waals surface area contributed by atoms with Gasteiger partial charge in [-0.05, 0) is 56.6 Å². The van der Waals surface area contributed by atoms with E-state index in [0.717, 1.165) is 50.1 Å². The predicted molar refractivity (Wildman–Crippen MR) is 88.8 cm³/mol. The molecule has 1 aromatic rings. The largest absolute Gasteiger partial charge is 0.378 e. The second-order valence-corrected chi connectivity index (χ2v) is 6.18. The van der Waals surface area contributed by atoms with Crippen molar-refractivity contribution < 1.29 is 4.79 Å². The number of nitrogens with one attached hydrogen (secondary N) is 2. The minimum absolute atomic E-state index is 0.184. The van der Waals surface area contributed by atoms with Gasteiger partial charge in [0.25, 0.3) is 0 Å². The lowest BCUT2D eigenvalue weighted by Gasteiger charge is -2.36. The summed E-state index contributed by atoms with van der Waals surface area (Å²) in [6.07, 6.45) is 3.88. The van der Waals surface area contributed by atoms with Gasteiger partial charge in [-0.15, -0.1) is 0 Å². The predicted octanol–water partition coefficient (Wildman–Crippen LogP) is 2.86. The maximum atomic E-state index is 12.7. The van der Waals surface area contributed by atoms with Gasteiger partial charge in [-0.3, -0.25) is 4.79 Å². The summed E-state index contributed by atoms with van der Waals surface area (Å²) < 4.78 is 0. The van der Waals surface area contributed by atoms with E-state index >= 15 is 0 Å². The maximum absolute atomic E-state index is 12.7. The van der Waals surface area contributed by atoms with E-state index in [1.54, 1.807) is 0 Å². The standard InChI is InChI=1S/C17H27N3O/c1-4-9-17(10-12-18-13-11-17)16(21)19-14-5-7-15(8-6-14)20(2)3/h5-8,18H,4,9-13H2,1-3H3,(H,19,21). The van der Waals surface area contributed by atoms with Gasteiger partial charge in [-0.25, -0.2) is 0 Å². The van der Waals surface area contributed by atoms with Gasteiger partial charge in [0.2, 0.25) is 5.91 Å². The molecule has 0 spiro atoms. The molecule has 0 unspecified atom stereocenters. The zero-order valence-corrected chi connectivity index (χ0v) is 13.4. The lowest BCUT2D eigenvalue weighted by Crippen LogP contribution is -2.44. The molecule has 116 valence electrons. The third-order valence-corrected chi connectivity index (χ3v) is 4.41. The van der Waals surface area contributed by atoms with Crippen LogP contribution in [0.15, 0.2) is 24.3 Å². The Morgan fingerprint density at radius 3 is 2.38 bits per heavy atom. The van der Waals surface area contributed by atoms with Crippen LogP contribution in [0.3, 0.4) is 0 Å². The maximum Gasteiger partial charge on any atom is 0.230 e. The summed E-state index contributed by atoms with van der Waals surface area (Å²) in [5, 5.41) is 6.47. The zero-order valence-electron chi connectivity index (χ0n) is 13.4. The molecule has 0 bridgehead atoms. The Morgan fingerprint density at radius 1 is 1.24 bits per heavy atom. The second-order valence-electron chi connectivity index (χ2n) is 6.18. The topological polar surface area (TPSA) is 44.4 Å².